The van der Waals surface area contributed by atoms with Crippen LogP contribution in [0.1, 0.15) is 54.8 Å². The fourth-order valence-electron chi connectivity index (χ4n) is 8.83. The summed E-state index contributed by atoms with van der Waals surface area (Å²) in [6, 6.07) is 44.9. The topological polar surface area (TPSA) is 95.0 Å². The number of hydrogen-bond donors (Lipinski definition) is 1. The van der Waals surface area contributed by atoms with Crippen molar-refractivity contribution in [2.75, 3.05) is 4.90 Å². The minimum absolute atomic E-state index is 0.241. The number of hydrogen-bond acceptors (Lipinski definition) is 7. The van der Waals surface area contributed by atoms with E-state index in [2.05, 4.69) is 142 Å². The lowest BCUT2D eigenvalue weighted by Gasteiger charge is -2.25. The molecule has 10 rings (SSSR count). The zero-order chi connectivity index (χ0) is 40.1. The first-order valence-electron chi connectivity index (χ1n) is 19.1. The summed E-state index contributed by atoms with van der Waals surface area (Å²) in [4.78, 5) is 19.9. The largest absolute Gasteiger partial charge is 0.477 e. The highest BCUT2D eigenvalue weighted by Crippen LogP contribution is 2.60. The molecule has 3 heterocycles. The van der Waals surface area contributed by atoms with E-state index in [9.17, 15) is 15.2 Å². The van der Waals surface area contributed by atoms with Gasteiger partial charge in [-0.05, 0) is 106 Å². The molecule has 282 valence electrons. The molecular formula is C49H37N5O2S2. The molecule has 58 heavy (non-hydrogen) atoms. The van der Waals surface area contributed by atoms with Crippen molar-refractivity contribution in [2.24, 2.45) is 7.05 Å². The molecule has 0 unspecified atom stereocenters. The normalized spacial score (nSPS) is 14.4. The molecule has 0 aliphatic heterocycles. The fourth-order valence-corrected chi connectivity index (χ4v) is 11.5. The molecule has 0 atom stereocenters. The van der Waals surface area contributed by atoms with Gasteiger partial charge in [-0.1, -0.05) is 88.4 Å². The minimum atomic E-state index is -1.21. The molecule has 2 aliphatic carbocycles. The smallest absolute Gasteiger partial charge is 0.346 e. The van der Waals surface area contributed by atoms with Crippen molar-refractivity contribution in [3.05, 3.63) is 154 Å². The lowest BCUT2D eigenvalue weighted by molar-refractivity contribution is -0.132. The molecule has 2 aliphatic rings. The lowest BCUT2D eigenvalue weighted by Crippen LogP contribution is -2.16. The highest BCUT2D eigenvalue weighted by molar-refractivity contribution is 7.19. The fraction of sp³-hybridized carbons (Fsp3) is 0.143. The van der Waals surface area contributed by atoms with Crippen molar-refractivity contribution in [1.82, 2.24) is 15.0 Å². The monoisotopic (exact) mass is 791 g/mol. The Morgan fingerprint density at radius 3 is 1.76 bits per heavy atom. The van der Waals surface area contributed by atoms with Gasteiger partial charge in [0, 0.05) is 65.6 Å². The summed E-state index contributed by atoms with van der Waals surface area (Å²) in [6.07, 6.45) is 1.49. The van der Waals surface area contributed by atoms with Crippen LogP contribution in [-0.2, 0) is 22.7 Å². The van der Waals surface area contributed by atoms with E-state index in [1.165, 1.54) is 49.2 Å². The van der Waals surface area contributed by atoms with E-state index in [0.717, 1.165) is 54.5 Å². The lowest BCUT2D eigenvalue weighted by atomic mass is 9.79. The molecule has 1 N–H and O–H groups in total. The van der Waals surface area contributed by atoms with Crippen molar-refractivity contribution >= 4 is 62.8 Å². The molecule has 0 saturated heterocycles. The molecule has 0 amide bonds. The number of carbonyl (C=O) groups is 1. The van der Waals surface area contributed by atoms with Crippen LogP contribution in [0, 0.1) is 11.3 Å². The Hall–Kier alpha value is -6.60. The number of carboxylic acids is 1. The van der Waals surface area contributed by atoms with Gasteiger partial charge in [0.05, 0.1) is 0 Å². The highest BCUT2D eigenvalue weighted by Gasteiger charge is 2.43. The van der Waals surface area contributed by atoms with Crippen LogP contribution in [0.5, 0.6) is 0 Å². The molecule has 0 fully saturated rings. The summed E-state index contributed by atoms with van der Waals surface area (Å²) in [5.41, 5.74) is 14.9. The standard InChI is InChI=1S/C49H37N5O2S2/c1-48(2)38-25-37-39(24-36(38)45-40(48)23-33(57-45)22-29(27-50)47(55)56)49(3,4)41-26-42(58-46(37)41)35-21-20-34(43-44(35)52-53(5)51-43)28-16-18-32(19-17-28)54(30-12-8-6-9-13-30)31-14-10-7-11-15-31/h6-26H,1-5H3,(H,55,56)/b29-22-. The third-order valence-corrected chi connectivity index (χ3v) is 14.1. The van der Waals surface area contributed by atoms with E-state index >= 15 is 0 Å². The van der Waals surface area contributed by atoms with Crippen molar-refractivity contribution in [1.29, 1.82) is 5.26 Å². The molecule has 0 spiro atoms. The van der Waals surface area contributed by atoms with Crippen LogP contribution in [0.2, 0.25) is 0 Å². The van der Waals surface area contributed by atoms with E-state index < -0.39 is 5.97 Å². The Bertz CT molecular complexity index is 3010. The number of aryl methyl sites for hydroxylation is 1. The molecule has 9 heteroatoms. The Balaban J connectivity index is 1.02. The van der Waals surface area contributed by atoms with Crippen LogP contribution >= 0.6 is 22.7 Å². The molecular weight excluding hydrogens is 755 g/mol. The molecule has 5 aromatic carbocycles. The zero-order valence-corrected chi connectivity index (χ0v) is 34.2. The third-order valence-electron chi connectivity index (χ3n) is 11.8. The number of nitriles is 1. The van der Waals surface area contributed by atoms with Crippen molar-refractivity contribution in [3.63, 3.8) is 0 Å². The molecule has 7 nitrogen and oxygen atoms in total. The van der Waals surface area contributed by atoms with Crippen molar-refractivity contribution in [2.45, 2.75) is 38.5 Å². The van der Waals surface area contributed by atoms with Crippen LogP contribution < -0.4 is 4.90 Å². The van der Waals surface area contributed by atoms with Gasteiger partial charge in [0.25, 0.3) is 0 Å². The summed E-state index contributed by atoms with van der Waals surface area (Å²) < 4.78 is 0. The molecule has 8 aromatic rings. The summed E-state index contributed by atoms with van der Waals surface area (Å²) >= 11 is 3.38. The zero-order valence-electron chi connectivity index (χ0n) is 32.5. The van der Waals surface area contributed by atoms with Gasteiger partial charge in [-0.15, -0.1) is 22.7 Å². The minimum Gasteiger partial charge on any atom is -0.477 e. The second kappa shape index (κ2) is 13.0. The maximum absolute atomic E-state index is 11.6. The maximum atomic E-state index is 11.6. The van der Waals surface area contributed by atoms with Crippen LogP contribution in [0.25, 0.3) is 59.6 Å². The van der Waals surface area contributed by atoms with Gasteiger partial charge < -0.3 is 10.0 Å². The Labute approximate surface area is 344 Å². The van der Waals surface area contributed by atoms with E-state index in [1.54, 1.807) is 16.1 Å². The number of para-hydroxylation sites is 2. The van der Waals surface area contributed by atoms with E-state index in [4.69, 9.17) is 10.2 Å². The van der Waals surface area contributed by atoms with Crippen LogP contribution in [0.4, 0.5) is 17.1 Å². The Morgan fingerprint density at radius 1 is 0.672 bits per heavy atom. The first-order valence-corrected chi connectivity index (χ1v) is 20.8. The van der Waals surface area contributed by atoms with Gasteiger partial charge in [-0.3, -0.25) is 0 Å². The number of rotatable bonds is 7. The van der Waals surface area contributed by atoms with Gasteiger partial charge >= 0.3 is 5.97 Å². The molecule has 0 saturated carbocycles. The average molecular weight is 792 g/mol. The van der Waals surface area contributed by atoms with Crippen LogP contribution in [0.3, 0.4) is 0 Å². The number of anilines is 3. The van der Waals surface area contributed by atoms with Crippen molar-refractivity contribution in [3.8, 4) is 48.5 Å². The van der Waals surface area contributed by atoms with Gasteiger partial charge in [-0.25, -0.2) is 4.79 Å². The number of fused-ring (bicyclic) bond motifs is 7. The number of aliphatic carboxylic acids is 1. The summed E-state index contributed by atoms with van der Waals surface area (Å²) in [6.45, 7) is 9.07. The predicted octanol–water partition coefficient (Wildman–Crippen LogP) is 12.5. The number of aromatic nitrogens is 3. The number of nitrogens with zero attached hydrogens (tertiary/aromatic N) is 5. The summed E-state index contributed by atoms with van der Waals surface area (Å²) in [7, 11) is 1.89. The van der Waals surface area contributed by atoms with Gasteiger partial charge in [0.1, 0.15) is 22.7 Å². The molecule has 3 aromatic heterocycles. The Morgan fingerprint density at radius 2 is 1.19 bits per heavy atom. The average Bonchev–Trinajstić information content (AvgIpc) is 4.03. The second-order valence-electron chi connectivity index (χ2n) is 16.0. The first-order chi connectivity index (χ1) is 27.9. The van der Waals surface area contributed by atoms with Crippen LogP contribution in [-0.4, -0.2) is 26.1 Å². The van der Waals surface area contributed by atoms with Crippen LogP contribution in [0.15, 0.2) is 127 Å². The molecule has 0 bridgehead atoms. The second-order valence-corrected chi connectivity index (χ2v) is 18.2. The predicted molar refractivity (Wildman–Crippen MR) is 236 cm³/mol. The number of thiophene rings is 2. The molecule has 0 radical (unpaired) electrons. The van der Waals surface area contributed by atoms with Crippen molar-refractivity contribution < 1.29 is 9.90 Å². The quantitative estimate of drug-likeness (QED) is 0.128. The Kier molecular flexibility index (Phi) is 8.00. The van der Waals surface area contributed by atoms with Gasteiger partial charge in [0.2, 0.25) is 0 Å². The van der Waals surface area contributed by atoms with Gasteiger partial charge in [0.15, 0.2) is 0 Å². The summed E-state index contributed by atoms with van der Waals surface area (Å²) in [5.74, 6) is -1.21. The van der Waals surface area contributed by atoms with Gasteiger partial charge in [-0.2, -0.15) is 20.3 Å². The number of benzene rings is 5. The number of carboxylic acid groups (broad SMARTS) is 1. The van der Waals surface area contributed by atoms with E-state index in [-0.39, 0.29) is 16.4 Å². The first kappa shape index (κ1) is 35.8. The summed E-state index contributed by atoms with van der Waals surface area (Å²) in [5, 5.41) is 28.7. The highest BCUT2D eigenvalue weighted by atomic mass is 32.1. The third kappa shape index (κ3) is 5.40. The van der Waals surface area contributed by atoms with E-state index in [0.29, 0.717) is 0 Å². The van der Waals surface area contributed by atoms with E-state index in [1.807, 2.05) is 36.6 Å². The maximum Gasteiger partial charge on any atom is 0.346 e. The SMILES string of the molecule is Cn1nc2c(-c3ccc(N(c4ccccc4)c4ccccc4)cc3)ccc(-c3cc4c(s3)-c3cc5c(cc3C4(C)C)-c3sc(/C=C(/C#N)C(=O)O)cc3C5(C)C)c2n1.